The molecule has 0 aromatic carbocycles. The number of aldehydes is 1. The minimum atomic E-state index is 0.135. The van der Waals surface area contributed by atoms with Gasteiger partial charge in [-0.15, -0.1) is 0 Å². The number of allylic oxidation sites excluding steroid dienone is 2. The Morgan fingerprint density at radius 3 is 1.50 bits per heavy atom. The summed E-state index contributed by atoms with van der Waals surface area (Å²) >= 11 is 3.28. The lowest BCUT2D eigenvalue weighted by molar-refractivity contribution is -0.105. The summed E-state index contributed by atoms with van der Waals surface area (Å²) < 4.78 is 0. The van der Waals surface area contributed by atoms with E-state index in [0.29, 0.717) is 5.57 Å². The Bertz CT molecular complexity index is 217. The number of carbonyl (C=O) groups is 1. The molecule has 0 aliphatic heterocycles. The normalized spacial score (nSPS) is 8.06. The minimum absolute atomic E-state index is 0.135. The highest BCUT2D eigenvalue weighted by molar-refractivity contribution is 9.09. The van der Waals surface area contributed by atoms with Crippen molar-refractivity contribution in [2.75, 3.05) is 11.9 Å². The molecular formula is C15H27BrO2. The number of rotatable bonds is 6. The zero-order chi connectivity index (χ0) is 15.0. The van der Waals surface area contributed by atoms with Crippen LogP contribution in [0.3, 0.4) is 0 Å². The first-order valence-electron chi connectivity index (χ1n) is 6.06. The van der Waals surface area contributed by atoms with E-state index in [4.69, 9.17) is 5.11 Å². The van der Waals surface area contributed by atoms with Crippen LogP contribution >= 0.6 is 15.9 Å². The van der Waals surface area contributed by atoms with E-state index in [1.54, 1.807) is 0 Å². The van der Waals surface area contributed by atoms with Crippen LogP contribution in [0.2, 0.25) is 0 Å². The van der Waals surface area contributed by atoms with Crippen LogP contribution in [0.15, 0.2) is 36.5 Å². The Morgan fingerprint density at radius 1 is 1.06 bits per heavy atom. The fourth-order valence-corrected chi connectivity index (χ4v) is 0.686. The first kappa shape index (κ1) is 22.5. The van der Waals surface area contributed by atoms with E-state index in [-0.39, 0.29) is 6.61 Å². The molecule has 0 fully saturated rings. The third kappa shape index (κ3) is 24.5. The number of alkyl halides is 1. The maximum absolute atomic E-state index is 9.64. The van der Waals surface area contributed by atoms with Crippen LogP contribution in [-0.4, -0.2) is 23.3 Å². The van der Waals surface area contributed by atoms with Gasteiger partial charge in [-0.2, -0.15) is 0 Å². The average Bonchev–Trinajstić information content (AvgIpc) is 2.45. The van der Waals surface area contributed by atoms with Gasteiger partial charge in [-0.3, -0.25) is 4.79 Å². The van der Waals surface area contributed by atoms with Crippen LogP contribution in [0.1, 0.15) is 40.0 Å². The van der Waals surface area contributed by atoms with Crippen LogP contribution < -0.4 is 0 Å². The molecule has 0 atom stereocenters. The maximum atomic E-state index is 9.64. The number of hydrogen-bond acceptors (Lipinski definition) is 2. The van der Waals surface area contributed by atoms with Crippen LogP contribution in [0.25, 0.3) is 0 Å². The number of aliphatic hydroxyl groups is 1. The highest BCUT2D eigenvalue weighted by atomic mass is 79.9. The molecule has 0 aliphatic carbocycles. The second kappa shape index (κ2) is 18.7. The second-order valence-corrected chi connectivity index (χ2v) is 4.19. The Kier molecular flexibility index (Phi) is 23.4. The quantitative estimate of drug-likeness (QED) is 0.340. The van der Waals surface area contributed by atoms with Gasteiger partial charge in [0.25, 0.3) is 0 Å². The first-order valence-corrected chi connectivity index (χ1v) is 7.18. The van der Waals surface area contributed by atoms with Gasteiger partial charge in [-0.05, 0) is 24.8 Å². The van der Waals surface area contributed by atoms with Crippen molar-refractivity contribution in [3.8, 4) is 0 Å². The summed E-state index contributed by atoms with van der Waals surface area (Å²) in [4.78, 5) is 9.64. The number of aliphatic hydroxyl groups excluding tert-OH is 1. The van der Waals surface area contributed by atoms with Gasteiger partial charge in [0.05, 0.1) is 6.61 Å². The van der Waals surface area contributed by atoms with Gasteiger partial charge in [0.1, 0.15) is 6.29 Å². The molecule has 1 N–H and O–H groups in total. The number of halogens is 1. The molecule has 0 radical (unpaired) electrons. The molecule has 0 aliphatic rings. The molecule has 0 aromatic heterocycles. The SMILES string of the molecule is C=C(C=O)CC.C=C(CC)CBr.C=C(CC)CO. The van der Waals surface area contributed by atoms with Gasteiger partial charge in [-0.1, -0.05) is 67.6 Å². The van der Waals surface area contributed by atoms with Crippen molar-refractivity contribution in [2.24, 2.45) is 0 Å². The van der Waals surface area contributed by atoms with Crippen LogP contribution in [0.4, 0.5) is 0 Å². The molecule has 0 aromatic rings. The highest BCUT2D eigenvalue weighted by Gasteiger charge is 1.80. The molecule has 0 saturated heterocycles. The lowest BCUT2D eigenvalue weighted by Crippen LogP contribution is -1.82. The monoisotopic (exact) mass is 318 g/mol. The Hall–Kier alpha value is -0.670. The Morgan fingerprint density at radius 2 is 1.50 bits per heavy atom. The van der Waals surface area contributed by atoms with Crippen molar-refractivity contribution in [3.05, 3.63) is 36.5 Å². The molecule has 0 unspecified atom stereocenters. The largest absolute Gasteiger partial charge is 0.392 e. The van der Waals surface area contributed by atoms with Gasteiger partial charge in [0.2, 0.25) is 0 Å². The van der Waals surface area contributed by atoms with E-state index >= 15 is 0 Å². The summed E-state index contributed by atoms with van der Waals surface area (Å²) in [5, 5.41) is 9.18. The fraction of sp³-hybridized carbons (Fsp3) is 0.533. The zero-order valence-electron chi connectivity index (χ0n) is 12.0. The van der Waals surface area contributed by atoms with E-state index in [9.17, 15) is 4.79 Å². The van der Waals surface area contributed by atoms with Crippen LogP contribution in [0, 0.1) is 0 Å². The van der Waals surface area contributed by atoms with E-state index in [2.05, 4.69) is 42.6 Å². The second-order valence-electron chi connectivity index (χ2n) is 3.63. The number of hydrogen-bond donors (Lipinski definition) is 1. The van der Waals surface area contributed by atoms with Gasteiger partial charge in [0, 0.05) is 5.33 Å². The topological polar surface area (TPSA) is 37.3 Å². The van der Waals surface area contributed by atoms with Crippen molar-refractivity contribution in [1.29, 1.82) is 0 Å². The molecule has 0 saturated carbocycles. The van der Waals surface area contributed by atoms with Crippen molar-refractivity contribution in [3.63, 3.8) is 0 Å². The predicted octanol–water partition coefficient (Wildman–Crippen LogP) is 4.44. The van der Waals surface area contributed by atoms with Gasteiger partial charge in [0.15, 0.2) is 0 Å². The maximum Gasteiger partial charge on any atom is 0.145 e. The van der Waals surface area contributed by atoms with E-state index in [0.717, 1.165) is 36.5 Å². The summed E-state index contributed by atoms with van der Waals surface area (Å²) in [5.41, 5.74) is 2.82. The summed E-state index contributed by atoms with van der Waals surface area (Å²) in [6.07, 6.45) is 3.52. The predicted molar refractivity (Wildman–Crippen MR) is 85.2 cm³/mol. The zero-order valence-corrected chi connectivity index (χ0v) is 13.6. The Labute approximate surface area is 121 Å². The van der Waals surface area contributed by atoms with Crippen molar-refractivity contribution >= 4 is 22.2 Å². The highest BCUT2D eigenvalue weighted by Crippen LogP contribution is 1.98. The third-order valence-electron chi connectivity index (χ3n) is 2.03. The summed E-state index contributed by atoms with van der Waals surface area (Å²) in [5.74, 6) is 0. The van der Waals surface area contributed by atoms with E-state index in [1.807, 2.05) is 13.8 Å². The van der Waals surface area contributed by atoms with Gasteiger partial charge in [-0.25, -0.2) is 0 Å². The summed E-state index contributed by atoms with van der Waals surface area (Å²) in [6.45, 7) is 16.8. The number of carbonyl (C=O) groups excluding carboxylic acids is 1. The van der Waals surface area contributed by atoms with Crippen molar-refractivity contribution in [1.82, 2.24) is 0 Å². The van der Waals surface area contributed by atoms with Crippen molar-refractivity contribution < 1.29 is 9.90 Å². The molecule has 0 amide bonds. The molecule has 0 bridgehead atoms. The molecule has 2 nitrogen and oxygen atoms in total. The smallest absolute Gasteiger partial charge is 0.145 e. The molecular weight excluding hydrogens is 292 g/mol. The van der Waals surface area contributed by atoms with E-state index < -0.39 is 0 Å². The fourth-order valence-electron chi connectivity index (χ4n) is 0.290. The summed E-state index contributed by atoms with van der Waals surface area (Å²) in [7, 11) is 0. The Balaban J connectivity index is -0.000000187. The van der Waals surface area contributed by atoms with E-state index in [1.165, 1.54) is 5.57 Å². The van der Waals surface area contributed by atoms with Gasteiger partial charge < -0.3 is 5.11 Å². The van der Waals surface area contributed by atoms with Crippen LogP contribution in [-0.2, 0) is 4.79 Å². The average molecular weight is 319 g/mol. The van der Waals surface area contributed by atoms with Gasteiger partial charge >= 0.3 is 0 Å². The molecule has 0 heterocycles. The minimum Gasteiger partial charge on any atom is -0.392 e. The molecule has 18 heavy (non-hydrogen) atoms. The van der Waals surface area contributed by atoms with Crippen molar-refractivity contribution in [2.45, 2.75) is 40.0 Å². The third-order valence-corrected chi connectivity index (χ3v) is 2.83. The molecule has 3 heteroatoms. The molecule has 0 rings (SSSR count). The molecule has 0 spiro atoms. The lowest BCUT2D eigenvalue weighted by atomic mass is 10.3. The first-order chi connectivity index (χ1) is 8.42. The summed E-state index contributed by atoms with van der Waals surface area (Å²) in [6, 6.07) is 0. The standard InChI is InChI=1S/C5H9Br.C5H10O.C5H8O/c3*1-3-5(2)4-6/h2-4H2,1H3;6H,2-4H2,1H3;4H,2-3H2,1H3. The lowest BCUT2D eigenvalue weighted by Gasteiger charge is -1.88. The molecule has 106 valence electrons. The van der Waals surface area contributed by atoms with Crippen LogP contribution in [0.5, 0.6) is 0 Å².